The van der Waals surface area contributed by atoms with Crippen molar-refractivity contribution < 1.29 is 5.11 Å². The fourth-order valence-corrected chi connectivity index (χ4v) is 3.99. The summed E-state index contributed by atoms with van der Waals surface area (Å²) in [6.45, 7) is 3.67. The van der Waals surface area contributed by atoms with Crippen molar-refractivity contribution >= 4 is 10.9 Å². The van der Waals surface area contributed by atoms with Gasteiger partial charge in [-0.2, -0.15) is 0 Å². The maximum atomic E-state index is 12.1. The molecule has 1 aromatic heterocycles. The molecule has 1 saturated heterocycles. The van der Waals surface area contributed by atoms with Crippen LogP contribution in [0.1, 0.15) is 31.2 Å². The highest BCUT2D eigenvalue weighted by molar-refractivity contribution is 5.89. The average molecular weight is 363 g/mol. The predicted octanol–water partition coefficient (Wildman–Crippen LogP) is 3.71. The Kier molecular flexibility index (Phi) is 5.21. The van der Waals surface area contributed by atoms with E-state index < -0.39 is 0 Å². The number of rotatable bonds is 6. The zero-order valence-electron chi connectivity index (χ0n) is 15.4. The van der Waals surface area contributed by atoms with Crippen LogP contribution in [0, 0.1) is 0 Å². The monoisotopic (exact) mass is 363 g/mol. The number of aromatic amines is 1. The fourth-order valence-electron chi connectivity index (χ4n) is 3.99. The molecule has 1 fully saturated rings. The number of nitrogens with zero attached hydrogens (tertiary/aromatic N) is 2. The van der Waals surface area contributed by atoms with Crippen LogP contribution in [-0.4, -0.2) is 39.6 Å². The summed E-state index contributed by atoms with van der Waals surface area (Å²) in [6, 6.07) is 11.8. The number of unbranched alkanes of at least 4 members (excludes halogenated alkanes) is 1. The molecule has 0 spiro atoms. The summed E-state index contributed by atoms with van der Waals surface area (Å²) < 4.78 is 0. The van der Waals surface area contributed by atoms with Crippen LogP contribution < -0.4 is 5.56 Å². The zero-order chi connectivity index (χ0) is 18.6. The Morgan fingerprint density at radius 3 is 2.78 bits per heavy atom. The van der Waals surface area contributed by atoms with Gasteiger partial charge in [-0.3, -0.25) is 4.79 Å². The van der Waals surface area contributed by atoms with Gasteiger partial charge in [0.2, 0.25) is 0 Å². The van der Waals surface area contributed by atoms with Crippen LogP contribution in [0.4, 0.5) is 0 Å². The average Bonchev–Trinajstić information content (AvgIpc) is 3.20. The quantitative estimate of drug-likeness (QED) is 0.655. The van der Waals surface area contributed by atoms with Crippen LogP contribution in [0.2, 0.25) is 0 Å². The topological polar surface area (TPSA) is 69.2 Å². The lowest BCUT2D eigenvalue weighted by Gasteiger charge is -2.15. The summed E-state index contributed by atoms with van der Waals surface area (Å²) in [5.41, 5.74) is 3.27. The minimum atomic E-state index is -0.236. The minimum Gasteiger partial charge on any atom is -0.506 e. The molecule has 0 aliphatic carbocycles. The van der Waals surface area contributed by atoms with Crippen molar-refractivity contribution in [3.63, 3.8) is 0 Å². The summed E-state index contributed by atoms with van der Waals surface area (Å²) in [7, 11) is 0. The van der Waals surface area contributed by atoms with Gasteiger partial charge in [0.25, 0.3) is 5.56 Å². The molecule has 0 saturated carbocycles. The molecule has 0 unspecified atom stereocenters. The molecule has 5 nitrogen and oxygen atoms in total. The molecule has 0 bridgehead atoms. The van der Waals surface area contributed by atoms with Gasteiger partial charge in [-0.05, 0) is 80.6 Å². The normalized spacial score (nSPS) is 14.8. The second kappa shape index (κ2) is 7.92. The minimum absolute atomic E-state index is 0.0393. The maximum Gasteiger partial charge on any atom is 0.258 e. The Morgan fingerprint density at radius 2 is 1.93 bits per heavy atom. The van der Waals surface area contributed by atoms with Crippen molar-refractivity contribution in [1.29, 1.82) is 0 Å². The molecule has 140 valence electrons. The van der Waals surface area contributed by atoms with Crippen molar-refractivity contribution in [2.24, 2.45) is 0 Å². The van der Waals surface area contributed by atoms with Crippen molar-refractivity contribution in [1.82, 2.24) is 14.9 Å². The Morgan fingerprint density at radius 1 is 1.11 bits per heavy atom. The number of phenols is 1. The van der Waals surface area contributed by atoms with Gasteiger partial charge in [-0.15, -0.1) is 0 Å². The lowest BCUT2D eigenvalue weighted by atomic mass is 9.95. The largest absolute Gasteiger partial charge is 0.506 e. The molecule has 0 atom stereocenters. The molecule has 2 aromatic carbocycles. The first-order valence-corrected chi connectivity index (χ1v) is 9.73. The third kappa shape index (κ3) is 3.88. The maximum absolute atomic E-state index is 12.1. The summed E-state index contributed by atoms with van der Waals surface area (Å²) in [6.07, 6.45) is 7.31. The number of fused-ring (bicyclic) bond motifs is 1. The lowest BCUT2D eigenvalue weighted by molar-refractivity contribution is 0.330. The highest BCUT2D eigenvalue weighted by atomic mass is 16.3. The van der Waals surface area contributed by atoms with E-state index in [0.717, 1.165) is 24.0 Å². The van der Waals surface area contributed by atoms with Crippen LogP contribution in [0.5, 0.6) is 5.75 Å². The Balaban J connectivity index is 1.56. The van der Waals surface area contributed by atoms with E-state index in [4.69, 9.17) is 0 Å². The van der Waals surface area contributed by atoms with Crippen LogP contribution >= 0.6 is 0 Å². The van der Waals surface area contributed by atoms with Gasteiger partial charge in [0.1, 0.15) is 11.3 Å². The molecule has 5 heteroatoms. The first-order chi connectivity index (χ1) is 13.2. The van der Waals surface area contributed by atoms with E-state index in [0.29, 0.717) is 10.9 Å². The molecule has 1 aliphatic heterocycles. The molecular formula is C22H25N3O2. The molecule has 27 heavy (non-hydrogen) atoms. The number of aromatic nitrogens is 2. The van der Waals surface area contributed by atoms with Gasteiger partial charge >= 0.3 is 0 Å². The second-order valence-corrected chi connectivity index (χ2v) is 7.29. The van der Waals surface area contributed by atoms with Crippen LogP contribution in [0.25, 0.3) is 22.0 Å². The molecule has 0 radical (unpaired) electrons. The van der Waals surface area contributed by atoms with Crippen LogP contribution in [0.3, 0.4) is 0 Å². The number of nitrogens with one attached hydrogen (secondary N) is 1. The van der Waals surface area contributed by atoms with E-state index in [1.54, 1.807) is 6.07 Å². The molecular weight excluding hydrogens is 338 g/mol. The number of hydrogen-bond donors (Lipinski definition) is 2. The number of benzene rings is 2. The third-order valence-electron chi connectivity index (χ3n) is 5.42. The number of H-pyrrole nitrogens is 1. The summed E-state index contributed by atoms with van der Waals surface area (Å²) in [4.78, 5) is 21.3. The van der Waals surface area contributed by atoms with Crippen LogP contribution in [0.15, 0.2) is 47.5 Å². The van der Waals surface area contributed by atoms with E-state index >= 15 is 0 Å². The summed E-state index contributed by atoms with van der Waals surface area (Å²) in [5.74, 6) is 0.0393. The van der Waals surface area contributed by atoms with Crippen molar-refractivity contribution in [3.8, 4) is 16.9 Å². The second-order valence-electron chi connectivity index (χ2n) is 7.29. The van der Waals surface area contributed by atoms with Crippen molar-refractivity contribution in [2.45, 2.75) is 32.1 Å². The van der Waals surface area contributed by atoms with Gasteiger partial charge in [-0.25, -0.2) is 4.98 Å². The summed E-state index contributed by atoms with van der Waals surface area (Å²) >= 11 is 0. The third-order valence-corrected chi connectivity index (χ3v) is 5.42. The molecule has 4 rings (SSSR count). The van der Waals surface area contributed by atoms with Gasteiger partial charge in [0.05, 0.1) is 11.7 Å². The summed E-state index contributed by atoms with van der Waals surface area (Å²) in [5, 5.41) is 10.8. The predicted molar refractivity (Wildman–Crippen MR) is 108 cm³/mol. The Hall–Kier alpha value is -2.66. The standard InChI is InChI=1S/C22H25N3O2/c26-20-14-17(13-19-21(20)23-15-24-22(19)27)18-9-2-1-7-16(18)8-3-4-10-25-11-5-6-12-25/h1-2,7,9,13-15,26H,3-6,8,10-12H2,(H,23,24,27). The molecule has 1 aliphatic rings. The van der Waals surface area contributed by atoms with Crippen molar-refractivity contribution in [2.75, 3.05) is 19.6 Å². The zero-order valence-corrected chi connectivity index (χ0v) is 15.4. The Labute approximate surface area is 158 Å². The Bertz CT molecular complexity index is 990. The van der Waals surface area contributed by atoms with Gasteiger partial charge in [0.15, 0.2) is 0 Å². The van der Waals surface area contributed by atoms with Gasteiger partial charge in [0, 0.05) is 0 Å². The first-order valence-electron chi connectivity index (χ1n) is 9.73. The van der Waals surface area contributed by atoms with E-state index in [-0.39, 0.29) is 11.3 Å². The fraction of sp³-hybridized carbons (Fsp3) is 0.364. The number of aromatic hydroxyl groups is 1. The van der Waals surface area contributed by atoms with E-state index in [2.05, 4.69) is 33.1 Å². The van der Waals surface area contributed by atoms with Gasteiger partial charge < -0.3 is 15.0 Å². The molecule has 2 N–H and O–H groups in total. The van der Waals surface area contributed by atoms with E-state index in [9.17, 15) is 9.90 Å². The smallest absolute Gasteiger partial charge is 0.258 e. The molecule has 0 amide bonds. The van der Waals surface area contributed by atoms with E-state index in [1.807, 2.05) is 12.1 Å². The van der Waals surface area contributed by atoms with Crippen molar-refractivity contribution in [3.05, 3.63) is 58.6 Å². The number of aryl methyl sites for hydroxylation is 1. The molecule has 2 heterocycles. The number of likely N-dealkylation sites (tertiary alicyclic amines) is 1. The number of hydrogen-bond acceptors (Lipinski definition) is 4. The highest BCUT2D eigenvalue weighted by Gasteiger charge is 2.13. The lowest BCUT2D eigenvalue weighted by Crippen LogP contribution is -2.20. The highest BCUT2D eigenvalue weighted by Crippen LogP contribution is 2.31. The van der Waals surface area contributed by atoms with E-state index in [1.165, 1.54) is 50.8 Å². The molecule has 3 aromatic rings. The van der Waals surface area contributed by atoms with Gasteiger partial charge in [-0.1, -0.05) is 24.3 Å². The number of phenolic OH excluding ortho intramolecular Hbond substituents is 1. The first kappa shape index (κ1) is 17.7. The SMILES string of the molecule is O=c1[nH]cnc2c(O)cc(-c3ccccc3CCCCN3CCCC3)cc12. The van der Waals surface area contributed by atoms with Crippen LogP contribution in [-0.2, 0) is 6.42 Å².